The van der Waals surface area contributed by atoms with Crippen LogP contribution in [-0.4, -0.2) is 28.2 Å². The summed E-state index contributed by atoms with van der Waals surface area (Å²) in [6, 6.07) is 0. The van der Waals surface area contributed by atoms with Gasteiger partial charge in [-0.25, -0.2) is 4.68 Å². The molecule has 0 aromatic carbocycles. The van der Waals surface area contributed by atoms with Crippen LogP contribution >= 0.6 is 0 Å². The van der Waals surface area contributed by atoms with E-state index < -0.39 is 0 Å². The van der Waals surface area contributed by atoms with E-state index in [0.29, 0.717) is 11.7 Å². The van der Waals surface area contributed by atoms with E-state index in [2.05, 4.69) is 17.2 Å². The Kier molecular flexibility index (Phi) is 2.67. The van der Waals surface area contributed by atoms with E-state index in [1.54, 1.807) is 0 Å². The fraction of sp³-hybridized carbons (Fsp3) is 0.778. The van der Waals surface area contributed by atoms with E-state index in [-0.39, 0.29) is 0 Å². The largest absolute Gasteiger partial charge is 0.381 e. The molecule has 2 rings (SSSR count). The number of anilines is 1. The first kappa shape index (κ1) is 9.45. The van der Waals surface area contributed by atoms with Crippen molar-refractivity contribution in [3.63, 3.8) is 0 Å². The van der Waals surface area contributed by atoms with Crippen molar-refractivity contribution in [1.29, 1.82) is 0 Å². The lowest BCUT2D eigenvalue weighted by Gasteiger charge is -2.09. The molecule has 2 heterocycles. The molecule has 0 saturated carbocycles. The van der Waals surface area contributed by atoms with Crippen LogP contribution in [-0.2, 0) is 17.7 Å². The van der Waals surface area contributed by atoms with Crippen LogP contribution in [0.1, 0.15) is 19.0 Å². The summed E-state index contributed by atoms with van der Waals surface area (Å²) in [7, 11) is 0. The molecule has 5 heteroatoms. The van der Waals surface area contributed by atoms with Crippen molar-refractivity contribution in [2.75, 3.05) is 18.9 Å². The number of nitrogen functional groups attached to an aromatic ring is 1. The Morgan fingerprint density at radius 3 is 3.14 bits per heavy atom. The molecule has 1 saturated heterocycles. The molecule has 78 valence electrons. The average Bonchev–Trinajstić information content (AvgIpc) is 2.77. The zero-order valence-corrected chi connectivity index (χ0v) is 8.44. The van der Waals surface area contributed by atoms with Crippen LogP contribution in [0.15, 0.2) is 0 Å². The van der Waals surface area contributed by atoms with Crippen LogP contribution in [0.2, 0.25) is 0 Å². The quantitative estimate of drug-likeness (QED) is 0.762. The minimum absolute atomic E-state index is 0.561. The highest BCUT2D eigenvalue weighted by Crippen LogP contribution is 2.17. The molecular weight excluding hydrogens is 180 g/mol. The van der Waals surface area contributed by atoms with E-state index >= 15 is 0 Å². The number of nitrogens with zero attached hydrogens (tertiary/aromatic N) is 3. The van der Waals surface area contributed by atoms with Crippen LogP contribution in [0.3, 0.4) is 0 Å². The van der Waals surface area contributed by atoms with Gasteiger partial charge in [0.05, 0.1) is 12.3 Å². The van der Waals surface area contributed by atoms with Crippen LogP contribution in [0, 0.1) is 5.92 Å². The van der Waals surface area contributed by atoms with Gasteiger partial charge in [0.25, 0.3) is 0 Å². The Bertz CT molecular complexity index is 304. The Morgan fingerprint density at radius 1 is 1.64 bits per heavy atom. The second-order valence-electron chi connectivity index (χ2n) is 3.69. The zero-order chi connectivity index (χ0) is 9.97. The van der Waals surface area contributed by atoms with Gasteiger partial charge in [0.15, 0.2) is 5.82 Å². The first-order valence-electron chi connectivity index (χ1n) is 5.06. The summed E-state index contributed by atoms with van der Waals surface area (Å²) in [5.41, 5.74) is 6.74. The maximum absolute atomic E-state index is 5.70. The molecule has 2 N–H and O–H groups in total. The van der Waals surface area contributed by atoms with Crippen molar-refractivity contribution in [3.05, 3.63) is 5.69 Å². The number of hydrogen-bond donors (Lipinski definition) is 1. The van der Waals surface area contributed by atoms with Gasteiger partial charge >= 0.3 is 0 Å². The lowest BCUT2D eigenvalue weighted by molar-refractivity contribution is 0.181. The Balaban J connectivity index is 2.07. The van der Waals surface area contributed by atoms with Gasteiger partial charge in [-0.1, -0.05) is 12.1 Å². The average molecular weight is 196 g/mol. The SMILES string of the molecule is CCc1c(N)nnn1CC1CCOC1. The fourth-order valence-electron chi connectivity index (χ4n) is 1.83. The summed E-state index contributed by atoms with van der Waals surface area (Å²) >= 11 is 0. The monoisotopic (exact) mass is 196 g/mol. The van der Waals surface area contributed by atoms with Gasteiger partial charge in [0.1, 0.15) is 0 Å². The van der Waals surface area contributed by atoms with Gasteiger partial charge in [0.2, 0.25) is 0 Å². The summed E-state index contributed by atoms with van der Waals surface area (Å²) < 4.78 is 7.23. The van der Waals surface area contributed by atoms with Crippen molar-refractivity contribution in [3.8, 4) is 0 Å². The lowest BCUT2D eigenvalue weighted by atomic mass is 10.1. The van der Waals surface area contributed by atoms with Crippen LogP contribution in [0.25, 0.3) is 0 Å². The first-order valence-corrected chi connectivity index (χ1v) is 5.06. The lowest BCUT2D eigenvalue weighted by Crippen LogP contribution is -2.14. The van der Waals surface area contributed by atoms with E-state index in [1.165, 1.54) is 0 Å². The molecular formula is C9H16N4O. The van der Waals surface area contributed by atoms with Gasteiger partial charge in [-0.05, 0) is 12.8 Å². The molecule has 1 unspecified atom stereocenters. The molecule has 1 aliphatic heterocycles. The molecule has 1 aromatic rings. The molecule has 0 spiro atoms. The van der Waals surface area contributed by atoms with Gasteiger partial charge in [0, 0.05) is 19.1 Å². The molecule has 1 aliphatic rings. The number of aromatic nitrogens is 3. The van der Waals surface area contributed by atoms with Gasteiger partial charge in [-0.3, -0.25) is 0 Å². The second-order valence-corrected chi connectivity index (χ2v) is 3.69. The number of hydrogen-bond acceptors (Lipinski definition) is 4. The maximum atomic E-state index is 5.70. The van der Waals surface area contributed by atoms with Gasteiger partial charge in [-0.15, -0.1) is 5.10 Å². The van der Waals surface area contributed by atoms with Crippen molar-refractivity contribution >= 4 is 5.82 Å². The number of ether oxygens (including phenoxy) is 1. The van der Waals surface area contributed by atoms with E-state index in [4.69, 9.17) is 10.5 Å². The third kappa shape index (κ3) is 1.72. The van der Waals surface area contributed by atoms with E-state index in [9.17, 15) is 0 Å². The predicted molar refractivity (Wildman–Crippen MR) is 52.7 cm³/mol. The summed E-state index contributed by atoms with van der Waals surface area (Å²) in [5, 5.41) is 7.92. The van der Waals surface area contributed by atoms with E-state index in [1.807, 2.05) is 4.68 Å². The third-order valence-electron chi connectivity index (χ3n) is 2.66. The summed E-state index contributed by atoms with van der Waals surface area (Å²) in [6.07, 6.45) is 2.00. The van der Waals surface area contributed by atoms with Crippen molar-refractivity contribution in [2.45, 2.75) is 26.3 Å². The highest BCUT2D eigenvalue weighted by atomic mass is 16.5. The summed E-state index contributed by atoms with van der Waals surface area (Å²) in [5.74, 6) is 1.13. The maximum Gasteiger partial charge on any atom is 0.169 e. The minimum atomic E-state index is 0.561. The normalized spacial score (nSPS) is 21.6. The molecule has 0 radical (unpaired) electrons. The first-order chi connectivity index (χ1) is 6.81. The number of nitrogens with two attached hydrogens (primary N) is 1. The molecule has 14 heavy (non-hydrogen) atoms. The van der Waals surface area contributed by atoms with Crippen LogP contribution < -0.4 is 5.73 Å². The van der Waals surface area contributed by atoms with Crippen molar-refractivity contribution in [1.82, 2.24) is 15.0 Å². The fourth-order valence-corrected chi connectivity index (χ4v) is 1.83. The highest BCUT2D eigenvalue weighted by molar-refractivity contribution is 5.32. The van der Waals surface area contributed by atoms with Gasteiger partial charge in [-0.2, -0.15) is 0 Å². The molecule has 0 bridgehead atoms. The summed E-state index contributed by atoms with van der Waals surface area (Å²) in [6.45, 7) is 4.66. The third-order valence-corrected chi connectivity index (χ3v) is 2.66. The molecule has 5 nitrogen and oxygen atoms in total. The second kappa shape index (κ2) is 3.96. The van der Waals surface area contributed by atoms with Crippen LogP contribution in [0.5, 0.6) is 0 Å². The molecule has 0 aliphatic carbocycles. The van der Waals surface area contributed by atoms with Crippen molar-refractivity contribution in [2.24, 2.45) is 5.92 Å². The van der Waals surface area contributed by atoms with Crippen molar-refractivity contribution < 1.29 is 4.74 Å². The highest BCUT2D eigenvalue weighted by Gasteiger charge is 2.18. The molecule has 1 aromatic heterocycles. The van der Waals surface area contributed by atoms with E-state index in [0.717, 1.165) is 38.3 Å². The topological polar surface area (TPSA) is 66.0 Å². The molecule has 1 atom stereocenters. The van der Waals surface area contributed by atoms with Crippen LogP contribution in [0.4, 0.5) is 5.82 Å². The Hall–Kier alpha value is -1.10. The Morgan fingerprint density at radius 2 is 2.50 bits per heavy atom. The molecule has 0 amide bonds. The standard InChI is InChI=1S/C9H16N4O/c1-2-8-9(10)11-12-13(8)5-7-3-4-14-6-7/h7H,2-6,10H2,1H3. The predicted octanol–water partition coefficient (Wildman–Crippen LogP) is 0.459. The number of rotatable bonds is 3. The molecule has 1 fully saturated rings. The van der Waals surface area contributed by atoms with Gasteiger partial charge < -0.3 is 10.5 Å². The zero-order valence-electron chi connectivity index (χ0n) is 8.44. The minimum Gasteiger partial charge on any atom is -0.381 e. The Labute approximate surface area is 83.2 Å². The summed E-state index contributed by atoms with van der Waals surface area (Å²) in [4.78, 5) is 0. The smallest absolute Gasteiger partial charge is 0.169 e.